The SMILES string of the molecule is Cc1cc(C(F)(F)F)cc(C(F)(F)F)c1-c1ccc[c-]c1-c1ccccn1.FC(F)(F)c1cc(C(F)(F)F)c(-c2ccc[c-]c2-c2ccccn2)c(C(F)(F)F)c1.[Pt+2]. The summed E-state index contributed by atoms with van der Waals surface area (Å²) in [4.78, 5) is 8.02. The molecule has 0 aliphatic rings. The molecular weight excluding hydrogens is 989 g/mol. The number of hydrogen-bond donors (Lipinski definition) is 0. The van der Waals surface area contributed by atoms with Crippen LogP contribution in [0.25, 0.3) is 44.8 Å². The fourth-order valence-electron chi connectivity index (χ4n) is 5.81. The molecule has 0 unspecified atom stereocenters. The van der Waals surface area contributed by atoms with Crippen LogP contribution in [0.15, 0.2) is 109 Å². The zero-order chi connectivity index (χ0) is 42.1. The first kappa shape index (κ1) is 45.5. The van der Waals surface area contributed by atoms with Crippen molar-refractivity contribution in [1.29, 1.82) is 0 Å². The molecule has 0 fully saturated rings. The monoisotopic (exact) mass is 1010 g/mol. The van der Waals surface area contributed by atoms with Gasteiger partial charge in [0.05, 0.1) is 27.8 Å². The Morgan fingerprint density at radius 1 is 0.431 bits per heavy atom. The zero-order valence-corrected chi connectivity index (χ0v) is 31.0. The van der Waals surface area contributed by atoms with E-state index in [2.05, 4.69) is 22.1 Å². The molecule has 0 radical (unpaired) electrons. The van der Waals surface area contributed by atoms with Crippen LogP contribution in [0.1, 0.15) is 33.4 Å². The summed E-state index contributed by atoms with van der Waals surface area (Å²) in [6.07, 6.45) is -23.5. The second-order valence-corrected chi connectivity index (χ2v) is 12.0. The third-order valence-corrected chi connectivity index (χ3v) is 8.14. The molecule has 0 bridgehead atoms. The zero-order valence-electron chi connectivity index (χ0n) is 28.8. The number of benzene rings is 4. The van der Waals surface area contributed by atoms with Crippen molar-refractivity contribution in [3.63, 3.8) is 0 Å². The van der Waals surface area contributed by atoms with Gasteiger partial charge in [0, 0.05) is 12.4 Å². The van der Waals surface area contributed by atoms with Gasteiger partial charge in [0.15, 0.2) is 0 Å². The smallest absolute Gasteiger partial charge is 0.305 e. The van der Waals surface area contributed by atoms with E-state index in [-0.39, 0.29) is 72.8 Å². The van der Waals surface area contributed by atoms with Gasteiger partial charge >= 0.3 is 51.9 Å². The molecule has 0 saturated carbocycles. The van der Waals surface area contributed by atoms with Gasteiger partial charge in [0.1, 0.15) is 0 Å². The molecule has 0 N–H and O–H groups in total. The van der Waals surface area contributed by atoms with E-state index in [1.165, 1.54) is 61.8 Å². The topological polar surface area (TPSA) is 25.8 Å². The van der Waals surface area contributed by atoms with Crippen LogP contribution in [0, 0.1) is 19.1 Å². The third-order valence-electron chi connectivity index (χ3n) is 8.14. The van der Waals surface area contributed by atoms with Crippen LogP contribution in [0.3, 0.4) is 0 Å². The second kappa shape index (κ2) is 17.0. The summed E-state index contributed by atoms with van der Waals surface area (Å²) in [7, 11) is 0. The van der Waals surface area contributed by atoms with Crippen molar-refractivity contribution in [3.8, 4) is 44.8 Å². The molecule has 0 atom stereocenters. The molecule has 306 valence electrons. The van der Waals surface area contributed by atoms with Crippen LogP contribution < -0.4 is 0 Å². The Hall–Kier alpha value is -5.18. The molecule has 0 saturated heterocycles. The maximum Gasteiger partial charge on any atom is 2.00 e. The molecule has 6 rings (SSSR count). The van der Waals surface area contributed by atoms with E-state index < -0.39 is 69.8 Å². The van der Waals surface area contributed by atoms with Gasteiger partial charge in [-0.05, 0) is 65.8 Å². The van der Waals surface area contributed by atoms with Crippen molar-refractivity contribution in [1.82, 2.24) is 9.97 Å². The second-order valence-electron chi connectivity index (χ2n) is 12.0. The van der Waals surface area contributed by atoms with Gasteiger partial charge in [-0.15, -0.1) is 59.7 Å². The quantitative estimate of drug-likeness (QED) is 0.130. The van der Waals surface area contributed by atoms with Gasteiger partial charge in [0.25, 0.3) is 0 Å². The summed E-state index contributed by atoms with van der Waals surface area (Å²) in [6.45, 7) is 1.23. The average molecular weight is 1010 g/mol. The van der Waals surface area contributed by atoms with E-state index >= 15 is 0 Å². The van der Waals surface area contributed by atoms with Crippen molar-refractivity contribution < 1.29 is 86.9 Å². The molecule has 2 aromatic heterocycles. The van der Waals surface area contributed by atoms with Crippen molar-refractivity contribution in [2.45, 2.75) is 37.8 Å². The molecule has 4 aromatic carbocycles. The number of hydrogen-bond acceptors (Lipinski definition) is 2. The first-order valence-electron chi connectivity index (χ1n) is 15.9. The molecule has 0 spiro atoms. The number of aryl methyl sites for hydroxylation is 1. The van der Waals surface area contributed by atoms with E-state index in [9.17, 15) is 65.9 Å². The minimum atomic E-state index is -5.49. The molecule has 2 nitrogen and oxygen atoms in total. The maximum atomic E-state index is 13.6. The standard InChI is InChI=1S/C20H9F9N.C20H12F6N.Pt/c21-18(22,23)11-9-14(19(24,25)26)17(15(10-11)20(27,28)29)13-6-2-1-5-12(13)16-7-3-4-8-30-16;1-12-10-13(19(21,22)23)11-16(20(24,25)26)18(12)15-7-3-2-6-14(15)17-8-4-5-9-27-17;/h1-4,6-10H;2-5,7-11H,1H3;/q2*-1;+2. The summed E-state index contributed by atoms with van der Waals surface area (Å²) in [5.74, 6) is 0. The van der Waals surface area contributed by atoms with E-state index in [0.29, 0.717) is 5.69 Å². The van der Waals surface area contributed by atoms with Crippen LogP contribution in [-0.4, -0.2) is 9.97 Å². The molecule has 58 heavy (non-hydrogen) atoms. The van der Waals surface area contributed by atoms with Crippen molar-refractivity contribution in [2.75, 3.05) is 0 Å². The largest absolute Gasteiger partial charge is 2.00 e. The molecule has 18 heteroatoms. The van der Waals surface area contributed by atoms with Crippen molar-refractivity contribution in [3.05, 3.63) is 155 Å². The number of nitrogens with zero attached hydrogens (tertiary/aromatic N) is 2. The van der Waals surface area contributed by atoms with Gasteiger partial charge < -0.3 is 9.97 Å². The molecule has 0 aliphatic heterocycles. The van der Waals surface area contributed by atoms with Gasteiger partial charge in [-0.3, -0.25) is 0 Å². The van der Waals surface area contributed by atoms with Gasteiger partial charge in [0.2, 0.25) is 0 Å². The van der Waals surface area contributed by atoms with Gasteiger partial charge in [-0.25, -0.2) is 0 Å². The van der Waals surface area contributed by atoms with Crippen LogP contribution in [-0.2, 0) is 51.9 Å². The minimum absolute atomic E-state index is 0. The minimum Gasteiger partial charge on any atom is -0.305 e. The molecular formula is C40H21F15N2Pt. The van der Waals surface area contributed by atoms with E-state index in [1.54, 1.807) is 18.2 Å². The fourth-order valence-corrected chi connectivity index (χ4v) is 5.81. The summed E-state index contributed by atoms with van der Waals surface area (Å²) in [6, 6.07) is 22.6. The Kier molecular flexibility index (Phi) is 13.3. The number of alkyl halides is 15. The number of pyridine rings is 2. The third kappa shape index (κ3) is 10.3. The van der Waals surface area contributed by atoms with Crippen LogP contribution in [0.4, 0.5) is 65.9 Å². The molecule has 0 aliphatic carbocycles. The fraction of sp³-hybridized carbons (Fsp3) is 0.150. The van der Waals surface area contributed by atoms with Crippen molar-refractivity contribution >= 4 is 0 Å². The predicted octanol–water partition coefficient (Wildman–Crippen LogP) is 13.8. The van der Waals surface area contributed by atoms with Gasteiger partial charge in [-0.1, -0.05) is 41.0 Å². The predicted molar refractivity (Wildman–Crippen MR) is 178 cm³/mol. The molecule has 2 heterocycles. The maximum absolute atomic E-state index is 13.6. The van der Waals surface area contributed by atoms with E-state index in [4.69, 9.17) is 0 Å². The molecule has 0 amide bonds. The summed E-state index contributed by atoms with van der Waals surface area (Å²) >= 11 is 0. The van der Waals surface area contributed by atoms with E-state index in [0.717, 1.165) is 18.2 Å². The summed E-state index contributed by atoms with van der Waals surface area (Å²) < 4.78 is 201. The van der Waals surface area contributed by atoms with Gasteiger partial charge in [-0.2, -0.15) is 65.9 Å². The van der Waals surface area contributed by atoms with Crippen LogP contribution in [0.2, 0.25) is 0 Å². The number of halogens is 15. The Balaban J connectivity index is 0.000000254. The van der Waals surface area contributed by atoms with Crippen LogP contribution >= 0.6 is 0 Å². The first-order chi connectivity index (χ1) is 26.4. The van der Waals surface area contributed by atoms with Crippen LogP contribution in [0.5, 0.6) is 0 Å². The summed E-state index contributed by atoms with van der Waals surface area (Å²) in [5.41, 5.74) is -10.7. The Morgan fingerprint density at radius 2 is 0.793 bits per heavy atom. The molecule has 6 aromatic rings. The Bertz CT molecular complexity index is 2310. The Labute approximate surface area is 333 Å². The first-order valence-corrected chi connectivity index (χ1v) is 15.9. The summed E-state index contributed by atoms with van der Waals surface area (Å²) in [5, 5.41) is 0. The Morgan fingerprint density at radius 3 is 1.14 bits per heavy atom. The number of rotatable bonds is 4. The average Bonchev–Trinajstić information content (AvgIpc) is 3.13. The van der Waals surface area contributed by atoms with E-state index in [1.807, 2.05) is 0 Å². The number of aromatic nitrogens is 2. The normalized spacial score (nSPS) is 12.3. The van der Waals surface area contributed by atoms with Crippen molar-refractivity contribution in [2.24, 2.45) is 0 Å².